The molecule has 0 aliphatic carbocycles. The van der Waals surface area contributed by atoms with Crippen LogP contribution in [0.3, 0.4) is 0 Å². The van der Waals surface area contributed by atoms with Gasteiger partial charge in [0, 0.05) is 32.7 Å². The second kappa shape index (κ2) is 11.4. The third-order valence-electron chi connectivity index (χ3n) is 6.70. The number of benzene rings is 1. The van der Waals surface area contributed by atoms with Gasteiger partial charge in [-0.3, -0.25) is 9.40 Å². The molecule has 1 aromatic carbocycles. The summed E-state index contributed by atoms with van der Waals surface area (Å²) in [6.07, 6.45) is 3.86. The fourth-order valence-corrected chi connectivity index (χ4v) is 6.14. The van der Waals surface area contributed by atoms with E-state index >= 15 is 0 Å². The van der Waals surface area contributed by atoms with E-state index in [1.54, 1.807) is 27.8 Å². The van der Waals surface area contributed by atoms with Gasteiger partial charge in [-0.2, -0.15) is 9.37 Å². The zero-order valence-corrected chi connectivity index (χ0v) is 23.3. The van der Waals surface area contributed by atoms with E-state index in [2.05, 4.69) is 22.1 Å². The minimum absolute atomic E-state index is 0.141. The smallest absolute Gasteiger partial charge is 0.336 e. The van der Waals surface area contributed by atoms with E-state index in [1.807, 2.05) is 13.8 Å². The second-order valence-corrected chi connectivity index (χ2v) is 11.3. The zero-order valence-electron chi connectivity index (χ0n) is 22.5. The van der Waals surface area contributed by atoms with E-state index in [-0.39, 0.29) is 10.6 Å². The summed E-state index contributed by atoms with van der Waals surface area (Å²) in [6, 6.07) is 4.82. The number of H-pyrrole nitrogens is 1. The number of nitrogens with one attached hydrogen (secondary N) is 1. The molecule has 0 amide bonds. The summed E-state index contributed by atoms with van der Waals surface area (Å²) >= 11 is 0. The molecule has 39 heavy (non-hydrogen) atoms. The SMILES string of the molecule is CCCCn1c(=O)n2cnnc2c2[nH]c(-c3cc(S(=O)(=O)N4CCN(OCC)CC4)ccc3OCCC)nc21. The van der Waals surface area contributed by atoms with Crippen molar-refractivity contribution >= 4 is 26.8 Å². The van der Waals surface area contributed by atoms with Gasteiger partial charge in [-0.15, -0.1) is 10.2 Å². The van der Waals surface area contributed by atoms with Crippen molar-refractivity contribution in [3.8, 4) is 17.1 Å². The van der Waals surface area contributed by atoms with Crippen molar-refractivity contribution in [2.24, 2.45) is 0 Å². The van der Waals surface area contributed by atoms with Crippen molar-refractivity contribution in [1.82, 2.24) is 38.5 Å². The van der Waals surface area contributed by atoms with Crippen LogP contribution in [0.1, 0.15) is 40.0 Å². The Balaban J connectivity index is 1.60. The summed E-state index contributed by atoms with van der Waals surface area (Å²) in [7, 11) is -3.78. The molecule has 1 aliphatic heterocycles. The molecule has 0 bridgehead atoms. The summed E-state index contributed by atoms with van der Waals surface area (Å²) < 4.78 is 37.7. The number of aromatic nitrogens is 6. The number of hydroxylamine groups is 2. The Morgan fingerprint density at radius 2 is 1.85 bits per heavy atom. The van der Waals surface area contributed by atoms with Gasteiger partial charge in [-0.25, -0.2) is 22.6 Å². The van der Waals surface area contributed by atoms with Gasteiger partial charge in [0.25, 0.3) is 0 Å². The number of unbranched alkanes of at least 4 members (excludes halogenated alkanes) is 1. The Morgan fingerprint density at radius 1 is 1.05 bits per heavy atom. The molecule has 0 atom stereocenters. The molecule has 14 heteroatoms. The average molecular weight is 559 g/mol. The Bertz CT molecular complexity index is 1620. The standard InChI is InChI=1S/C25H34N8O5S/c1-4-7-10-32-23-21(24-29-26-17-33(24)25(32)34)27-22(28-23)19-16-18(8-9-20(19)37-15-5-2)39(35,36)31-13-11-30(12-14-31)38-6-3/h8-9,16-17H,4-7,10-15H2,1-3H3,(H,27,28). The molecule has 0 unspecified atom stereocenters. The number of fused-ring (bicyclic) bond motifs is 3. The van der Waals surface area contributed by atoms with Crippen molar-refractivity contribution in [2.75, 3.05) is 39.4 Å². The Kier molecular flexibility index (Phi) is 7.98. The topological polar surface area (TPSA) is 140 Å². The molecule has 13 nitrogen and oxygen atoms in total. The Hall–Kier alpha value is -3.33. The zero-order chi connectivity index (χ0) is 27.6. The van der Waals surface area contributed by atoms with E-state index in [0.717, 1.165) is 19.3 Å². The molecule has 1 aliphatic rings. The number of sulfonamides is 1. The Morgan fingerprint density at radius 3 is 2.56 bits per heavy atom. The highest BCUT2D eigenvalue weighted by molar-refractivity contribution is 7.89. The highest BCUT2D eigenvalue weighted by atomic mass is 32.2. The predicted molar refractivity (Wildman–Crippen MR) is 145 cm³/mol. The van der Waals surface area contributed by atoms with Gasteiger partial charge >= 0.3 is 5.69 Å². The number of ether oxygens (including phenoxy) is 1. The first kappa shape index (κ1) is 27.2. The van der Waals surface area contributed by atoms with Crippen molar-refractivity contribution in [2.45, 2.75) is 51.5 Å². The van der Waals surface area contributed by atoms with E-state index in [1.165, 1.54) is 15.0 Å². The fourth-order valence-electron chi connectivity index (χ4n) is 4.69. The molecule has 1 N–H and O–H groups in total. The molecule has 210 valence electrons. The van der Waals surface area contributed by atoms with Crippen LogP contribution in [0.4, 0.5) is 0 Å². The van der Waals surface area contributed by atoms with Gasteiger partial charge in [0.05, 0.1) is 23.7 Å². The summed E-state index contributed by atoms with van der Waals surface area (Å²) in [5.41, 5.74) is 1.54. The number of piperazine rings is 1. The molecule has 4 aromatic rings. The van der Waals surface area contributed by atoms with Gasteiger partial charge < -0.3 is 9.72 Å². The molecule has 0 spiro atoms. The fraction of sp³-hybridized carbons (Fsp3) is 0.520. The van der Waals surface area contributed by atoms with Crippen LogP contribution in [0, 0.1) is 0 Å². The second-order valence-electron chi connectivity index (χ2n) is 9.35. The van der Waals surface area contributed by atoms with Crippen LogP contribution >= 0.6 is 0 Å². The molecule has 0 saturated carbocycles. The van der Waals surface area contributed by atoms with Gasteiger partial charge in [0.2, 0.25) is 10.0 Å². The van der Waals surface area contributed by atoms with Gasteiger partial charge in [0.15, 0.2) is 11.3 Å². The molecule has 1 fully saturated rings. The number of imidazole rings is 1. The quantitative estimate of drug-likeness (QED) is 0.294. The van der Waals surface area contributed by atoms with Gasteiger partial charge in [-0.1, -0.05) is 20.3 Å². The molecular weight excluding hydrogens is 524 g/mol. The van der Waals surface area contributed by atoms with E-state index < -0.39 is 10.0 Å². The highest BCUT2D eigenvalue weighted by Gasteiger charge is 2.30. The van der Waals surface area contributed by atoms with Crippen LogP contribution in [-0.4, -0.2) is 86.3 Å². The van der Waals surface area contributed by atoms with Gasteiger partial charge in [0.1, 0.15) is 23.4 Å². The first-order valence-corrected chi connectivity index (χ1v) is 14.8. The summed E-state index contributed by atoms with van der Waals surface area (Å²) in [6.45, 7) is 9.05. The summed E-state index contributed by atoms with van der Waals surface area (Å²) in [5, 5.41) is 9.83. The van der Waals surface area contributed by atoms with Crippen LogP contribution in [0.2, 0.25) is 0 Å². The average Bonchev–Trinajstić information content (AvgIpc) is 3.60. The Labute approximate surface area is 226 Å². The molecule has 0 radical (unpaired) electrons. The predicted octanol–water partition coefficient (Wildman–Crippen LogP) is 2.28. The molecule has 4 heterocycles. The number of aryl methyl sites for hydroxylation is 1. The number of aromatic amines is 1. The third kappa shape index (κ3) is 5.16. The van der Waals surface area contributed by atoms with Crippen molar-refractivity contribution in [3.63, 3.8) is 0 Å². The van der Waals surface area contributed by atoms with Crippen molar-refractivity contribution in [3.05, 3.63) is 35.0 Å². The van der Waals surface area contributed by atoms with Crippen LogP contribution in [-0.2, 0) is 21.4 Å². The monoisotopic (exact) mass is 558 g/mol. The van der Waals surface area contributed by atoms with Crippen LogP contribution in [0.25, 0.3) is 28.2 Å². The molecule has 3 aromatic heterocycles. The van der Waals surface area contributed by atoms with Crippen molar-refractivity contribution in [1.29, 1.82) is 0 Å². The lowest BCUT2D eigenvalue weighted by molar-refractivity contribution is -0.166. The molecule has 1 saturated heterocycles. The van der Waals surface area contributed by atoms with Gasteiger partial charge in [-0.05, 0) is 38.0 Å². The molecular formula is C25H34N8O5S. The summed E-state index contributed by atoms with van der Waals surface area (Å²) in [5.74, 6) is 0.881. The maximum absolute atomic E-state index is 13.6. The minimum atomic E-state index is -3.78. The number of hydrogen-bond donors (Lipinski definition) is 1. The normalized spacial score (nSPS) is 15.5. The third-order valence-corrected chi connectivity index (χ3v) is 8.59. The first-order valence-electron chi connectivity index (χ1n) is 13.4. The lowest BCUT2D eigenvalue weighted by Gasteiger charge is -2.33. The van der Waals surface area contributed by atoms with Crippen molar-refractivity contribution < 1.29 is 18.0 Å². The maximum atomic E-state index is 13.6. The lowest BCUT2D eigenvalue weighted by atomic mass is 10.2. The van der Waals surface area contributed by atoms with Crippen LogP contribution < -0.4 is 10.4 Å². The van der Waals surface area contributed by atoms with Crippen LogP contribution in [0.15, 0.2) is 34.2 Å². The minimum Gasteiger partial charge on any atom is -0.493 e. The number of hydrogen-bond acceptors (Lipinski definition) is 9. The van der Waals surface area contributed by atoms with E-state index in [0.29, 0.717) is 79.9 Å². The lowest BCUT2D eigenvalue weighted by Crippen LogP contribution is -2.48. The summed E-state index contributed by atoms with van der Waals surface area (Å²) in [4.78, 5) is 26.9. The highest BCUT2D eigenvalue weighted by Crippen LogP contribution is 2.33. The van der Waals surface area contributed by atoms with E-state index in [9.17, 15) is 13.2 Å². The maximum Gasteiger partial charge on any atom is 0.336 e. The first-order chi connectivity index (χ1) is 18.9. The molecule has 5 rings (SSSR count). The number of rotatable bonds is 11. The van der Waals surface area contributed by atoms with E-state index in [4.69, 9.17) is 14.6 Å². The largest absolute Gasteiger partial charge is 0.493 e. The number of nitrogens with zero attached hydrogens (tertiary/aromatic N) is 7. The van der Waals surface area contributed by atoms with Crippen LogP contribution in [0.5, 0.6) is 5.75 Å².